The first-order valence-corrected chi connectivity index (χ1v) is 6.36. The lowest BCUT2D eigenvalue weighted by Crippen LogP contribution is -2.60. The molecule has 1 fully saturated rings. The molecule has 6 heteroatoms. The quantitative estimate of drug-likeness (QED) is 0.733. The molecule has 1 aromatic rings. The summed E-state index contributed by atoms with van der Waals surface area (Å²) in [5.74, 6) is -1.12. The van der Waals surface area contributed by atoms with Crippen molar-refractivity contribution in [3.8, 4) is 0 Å². The number of carboxylic acids is 1. The van der Waals surface area contributed by atoms with Crippen molar-refractivity contribution in [3.63, 3.8) is 0 Å². The number of Topliss-reactive ketones (excluding diaryl/α,β-unsaturated/α-hetero) is 1. The van der Waals surface area contributed by atoms with Crippen LogP contribution in [0, 0.1) is 0 Å². The Hall–Kier alpha value is -2.37. The predicted molar refractivity (Wildman–Crippen MR) is 72.8 cm³/mol. The highest BCUT2D eigenvalue weighted by Gasteiger charge is 2.45. The Morgan fingerprint density at radius 1 is 1.25 bits per heavy atom. The predicted octanol–water partition coefficient (Wildman–Crippen LogP) is 2.02. The Kier molecular flexibility index (Phi) is 3.74. The second-order valence-corrected chi connectivity index (χ2v) is 4.96. The lowest BCUT2D eigenvalue weighted by atomic mass is 9.77. The molecular weight excluding hydrogens is 260 g/mol. The van der Waals surface area contributed by atoms with E-state index in [-0.39, 0.29) is 5.78 Å². The molecule has 2 rings (SSSR count). The molecule has 0 saturated heterocycles. The van der Waals surface area contributed by atoms with Crippen molar-refractivity contribution in [2.75, 3.05) is 5.32 Å². The molecule has 0 bridgehead atoms. The maximum absolute atomic E-state index is 11.8. The number of anilines is 1. The Morgan fingerprint density at radius 2 is 1.95 bits per heavy atom. The van der Waals surface area contributed by atoms with Crippen LogP contribution in [0.4, 0.5) is 10.5 Å². The molecule has 1 aliphatic rings. The van der Waals surface area contributed by atoms with Gasteiger partial charge in [-0.1, -0.05) is 12.1 Å². The number of benzene rings is 1. The number of carboxylic acid groups (broad SMARTS) is 1. The Morgan fingerprint density at radius 3 is 2.45 bits per heavy atom. The molecule has 1 aromatic carbocycles. The highest BCUT2D eigenvalue weighted by Crippen LogP contribution is 2.32. The van der Waals surface area contributed by atoms with Gasteiger partial charge in [0.1, 0.15) is 5.54 Å². The summed E-state index contributed by atoms with van der Waals surface area (Å²) in [6.45, 7) is 1.44. The number of aliphatic carboxylic acids is 1. The summed E-state index contributed by atoms with van der Waals surface area (Å²) >= 11 is 0. The average Bonchev–Trinajstić information content (AvgIpc) is 2.33. The number of nitrogens with one attached hydrogen (secondary N) is 2. The van der Waals surface area contributed by atoms with Gasteiger partial charge in [-0.2, -0.15) is 0 Å². The lowest BCUT2D eigenvalue weighted by molar-refractivity contribution is -0.148. The van der Waals surface area contributed by atoms with Gasteiger partial charge in [-0.05, 0) is 38.3 Å². The summed E-state index contributed by atoms with van der Waals surface area (Å²) in [7, 11) is 0. The van der Waals surface area contributed by atoms with E-state index in [1.54, 1.807) is 24.3 Å². The molecule has 0 radical (unpaired) electrons. The van der Waals surface area contributed by atoms with Crippen LogP contribution in [0.1, 0.15) is 36.5 Å². The van der Waals surface area contributed by atoms with Crippen LogP contribution in [-0.2, 0) is 4.79 Å². The van der Waals surface area contributed by atoms with E-state index in [0.717, 1.165) is 6.42 Å². The van der Waals surface area contributed by atoms with E-state index in [1.165, 1.54) is 6.92 Å². The third kappa shape index (κ3) is 2.79. The number of ketones is 1. The van der Waals surface area contributed by atoms with Gasteiger partial charge < -0.3 is 15.7 Å². The van der Waals surface area contributed by atoms with Crippen molar-refractivity contribution < 1.29 is 19.5 Å². The van der Waals surface area contributed by atoms with E-state index in [0.29, 0.717) is 24.1 Å². The molecule has 0 spiro atoms. The molecular formula is C14H16N2O4. The van der Waals surface area contributed by atoms with Crippen molar-refractivity contribution >= 4 is 23.5 Å². The number of amides is 2. The van der Waals surface area contributed by atoms with Crippen molar-refractivity contribution in [1.82, 2.24) is 5.32 Å². The second-order valence-electron chi connectivity index (χ2n) is 4.96. The van der Waals surface area contributed by atoms with Gasteiger partial charge in [-0.15, -0.1) is 0 Å². The van der Waals surface area contributed by atoms with Crippen LogP contribution in [0.5, 0.6) is 0 Å². The molecule has 0 atom stereocenters. The molecule has 3 N–H and O–H groups in total. The van der Waals surface area contributed by atoms with Crippen LogP contribution in [-0.4, -0.2) is 28.4 Å². The Bertz CT molecular complexity index is 564. The standard InChI is InChI=1S/C14H16N2O4/c1-9(17)10-4-2-5-11(8-10)15-13(20)16-14(12(18)19)6-3-7-14/h2,4-5,8H,3,6-7H2,1H3,(H,18,19)(H2,15,16,20). The third-order valence-electron chi connectivity index (χ3n) is 3.50. The number of carbonyl (C=O) groups is 3. The van der Waals surface area contributed by atoms with Crippen molar-refractivity contribution in [3.05, 3.63) is 29.8 Å². The van der Waals surface area contributed by atoms with Gasteiger partial charge in [0, 0.05) is 11.3 Å². The van der Waals surface area contributed by atoms with E-state index in [9.17, 15) is 14.4 Å². The molecule has 6 nitrogen and oxygen atoms in total. The number of urea groups is 1. The minimum absolute atomic E-state index is 0.102. The smallest absolute Gasteiger partial charge is 0.329 e. The summed E-state index contributed by atoms with van der Waals surface area (Å²) in [5.41, 5.74) is -0.211. The largest absolute Gasteiger partial charge is 0.480 e. The fourth-order valence-corrected chi connectivity index (χ4v) is 2.12. The first-order chi connectivity index (χ1) is 9.43. The zero-order valence-corrected chi connectivity index (χ0v) is 11.1. The minimum atomic E-state index is -1.15. The van der Waals surface area contributed by atoms with E-state index in [2.05, 4.69) is 10.6 Å². The summed E-state index contributed by atoms with van der Waals surface area (Å²) < 4.78 is 0. The van der Waals surface area contributed by atoms with Gasteiger partial charge in [0.15, 0.2) is 5.78 Å². The molecule has 0 unspecified atom stereocenters. The number of carbonyl (C=O) groups excluding carboxylic acids is 2. The third-order valence-corrected chi connectivity index (χ3v) is 3.50. The fourth-order valence-electron chi connectivity index (χ4n) is 2.12. The van der Waals surface area contributed by atoms with Gasteiger partial charge in [0.2, 0.25) is 0 Å². The molecule has 0 aliphatic heterocycles. The zero-order chi connectivity index (χ0) is 14.8. The monoisotopic (exact) mass is 276 g/mol. The van der Waals surface area contributed by atoms with Gasteiger partial charge >= 0.3 is 12.0 Å². The van der Waals surface area contributed by atoms with Crippen molar-refractivity contribution in [1.29, 1.82) is 0 Å². The molecule has 20 heavy (non-hydrogen) atoms. The number of hydrogen-bond donors (Lipinski definition) is 3. The van der Waals surface area contributed by atoms with Crippen LogP contribution in [0.15, 0.2) is 24.3 Å². The van der Waals surface area contributed by atoms with Crippen molar-refractivity contribution in [2.45, 2.75) is 31.7 Å². The number of rotatable bonds is 4. The summed E-state index contributed by atoms with van der Waals surface area (Å²) in [5, 5.41) is 14.2. The van der Waals surface area contributed by atoms with Crippen LogP contribution in [0.2, 0.25) is 0 Å². The maximum atomic E-state index is 11.8. The van der Waals surface area contributed by atoms with Gasteiger partial charge in [0.05, 0.1) is 0 Å². The molecule has 2 amide bonds. The molecule has 0 aromatic heterocycles. The summed E-state index contributed by atoms with van der Waals surface area (Å²) in [6.07, 6.45) is 1.65. The van der Waals surface area contributed by atoms with E-state index >= 15 is 0 Å². The van der Waals surface area contributed by atoms with Crippen LogP contribution in [0.25, 0.3) is 0 Å². The minimum Gasteiger partial charge on any atom is -0.480 e. The highest BCUT2D eigenvalue weighted by molar-refractivity contribution is 5.98. The second kappa shape index (κ2) is 5.32. The lowest BCUT2D eigenvalue weighted by Gasteiger charge is -2.38. The van der Waals surface area contributed by atoms with E-state index in [4.69, 9.17) is 5.11 Å². The van der Waals surface area contributed by atoms with E-state index < -0.39 is 17.5 Å². The first-order valence-electron chi connectivity index (χ1n) is 6.36. The molecule has 106 valence electrons. The van der Waals surface area contributed by atoms with E-state index in [1.807, 2.05) is 0 Å². The van der Waals surface area contributed by atoms with Gasteiger partial charge in [-0.3, -0.25) is 4.79 Å². The fraction of sp³-hybridized carbons (Fsp3) is 0.357. The summed E-state index contributed by atoms with van der Waals surface area (Å²) in [6, 6.07) is 5.92. The SMILES string of the molecule is CC(=O)c1cccc(NC(=O)NC2(C(=O)O)CCC2)c1. The first kappa shape index (κ1) is 14.0. The van der Waals surface area contributed by atoms with Crippen molar-refractivity contribution in [2.24, 2.45) is 0 Å². The van der Waals surface area contributed by atoms with Crippen LogP contribution >= 0.6 is 0 Å². The Balaban J connectivity index is 2.03. The topological polar surface area (TPSA) is 95.5 Å². The normalized spacial score (nSPS) is 15.8. The summed E-state index contributed by atoms with van der Waals surface area (Å²) in [4.78, 5) is 34.2. The Labute approximate surface area is 116 Å². The molecule has 1 saturated carbocycles. The average molecular weight is 276 g/mol. The van der Waals surface area contributed by atoms with Crippen LogP contribution in [0.3, 0.4) is 0 Å². The van der Waals surface area contributed by atoms with Crippen LogP contribution < -0.4 is 10.6 Å². The van der Waals surface area contributed by atoms with Gasteiger partial charge in [0.25, 0.3) is 0 Å². The van der Waals surface area contributed by atoms with Gasteiger partial charge in [-0.25, -0.2) is 9.59 Å². The number of hydrogen-bond acceptors (Lipinski definition) is 3. The highest BCUT2D eigenvalue weighted by atomic mass is 16.4. The molecule has 1 aliphatic carbocycles. The zero-order valence-electron chi connectivity index (χ0n) is 11.1. The maximum Gasteiger partial charge on any atom is 0.329 e. The molecule has 0 heterocycles.